The molecule has 3 fully saturated rings. The van der Waals surface area contributed by atoms with Crippen molar-refractivity contribution in [1.82, 2.24) is 0 Å². The van der Waals surface area contributed by atoms with Crippen molar-refractivity contribution in [1.29, 1.82) is 0 Å². The number of aliphatic hydroxyl groups excluding tert-OH is 4. The molecule has 9 heteroatoms. The number of carbonyl (C=O) groups is 3. The van der Waals surface area contributed by atoms with Gasteiger partial charge in [0.15, 0.2) is 11.9 Å². The van der Waals surface area contributed by atoms with Gasteiger partial charge in [-0.1, -0.05) is 26.3 Å². The van der Waals surface area contributed by atoms with Gasteiger partial charge in [0.05, 0.1) is 12.2 Å². The molecule has 0 bridgehead atoms. The maximum Gasteiger partial charge on any atom is 0.335 e. The minimum atomic E-state index is -1.58. The van der Waals surface area contributed by atoms with Crippen LogP contribution in [0.1, 0.15) is 34.6 Å². The SMILES string of the molecule is CC(=O)O[C@H]1[C@H]2OC(=O)[C@H](O)[C@H]3[C@@H](C)[C@@H](O)[C@H](O)[C@H]([C@]32C)[C@@]2(C)[C@H](O)C(=O)C=C(C)[C@H]12. The Morgan fingerprint density at radius 2 is 1.71 bits per heavy atom. The van der Waals surface area contributed by atoms with E-state index < -0.39 is 88.8 Å². The molecule has 0 spiro atoms. The number of rotatable bonds is 1. The molecule has 0 aromatic heterocycles. The molecule has 0 aromatic carbocycles. The zero-order valence-electron chi connectivity index (χ0n) is 18.2. The summed E-state index contributed by atoms with van der Waals surface area (Å²) in [6, 6.07) is 0. The molecule has 0 radical (unpaired) electrons. The van der Waals surface area contributed by atoms with Crippen LogP contribution in [0, 0.1) is 34.5 Å². The average molecular weight is 438 g/mol. The summed E-state index contributed by atoms with van der Waals surface area (Å²) in [4.78, 5) is 37.3. The molecule has 9 nitrogen and oxygen atoms in total. The Morgan fingerprint density at radius 1 is 1.10 bits per heavy atom. The largest absolute Gasteiger partial charge is 0.458 e. The van der Waals surface area contributed by atoms with Crippen molar-refractivity contribution in [3.8, 4) is 0 Å². The van der Waals surface area contributed by atoms with E-state index in [-0.39, 0.29) is 0 Å². The lowest BCUT2D eigenvalue weighted by Crippen LogP contribution is -2.79. The number of hydrogen-bond acceptors (Lipinski definition) is 9. The lowest BCUT2D eigenvalue weighted by Gasteiger charge is -2.70. The van der Waals surface area contributed by atoms with Gasteiger partial charge in [0.1, 0.15) is 18.3 Å². The van der Waals surface area contributed by atoms with Gasteiger partial charge >= 0.3 is 11.9 Å². The maximum atomic E-state index is 12.7. The Hall–Kier alpha value is -1.81. The lowest BCUT2D eigenvalue weighted by atomic mass is 9.37. The fraction of sp³-hybridized carbons (Fsp3) is 0.773. The van der Waals surface area contributed by atoms with Gasteiger partial charge in [-0.05, 0) is 18.9 Å². The minimum absolute atomic E-state index is 0.519. The highest BCUT2D eigenvalue weighted by Gasteiger charge is 2.77. The Balaban J connectivity index is 2.03. The van der Waals surface area contributed by atoms with Crippen molar-refractivity contribution < 1.29 is 44.3 Å². The first-order valence-electron chi connectivity index (χ1n) is 10.6. The van der Waals surface area contributed by atoms with E-state index in [4.69, 9.17) is 9.47 Å². The van der Waals surface area contributed by atoms with Crippen molar-refractivity contribution in [3.63, 3.8) is 0 Å². The molecule has 31 heavy (non-hydrogen) atoms. The zero-order chi connectivity index (χ0) is 23.2. The van der Waals surface area contributed by atoms with Crippen LogP contribution in [0.3, 0.4) is 0 Å². The highest BCUT2D eigenvalue weighted by atomic mass is 16.6. The molecular formula is C22H30O9. The first-order chi connectivity index (χ1) is 14.3. The van der Waals surface area contributed by atoms with Gasteiger partial charge < -0.3 is 29.9 Å². The second-order valence-electron chi connectivity index (χ2n) is 10.1. The molecule has 0 unspecified atom stereocenters. The quantitative estimate of drug-likeness (QED) is 0.391. The molecule has 0 amide bonds. The summed E-state index contributed by atoms with van der Waals surface area (Å²) >= 11 is 0. The smallest absolute Gasteiger partial charge is 0.335 e. The van der Waals surface area contributed by atoms with Crippen LogP contribution in [0.15, 0.2) is 11.6 Å². The monoisotopic (exact) mass is 438 g/mol. The lowest BCUT2D eigenvalue weighted by molar-refractivity contribution is -0.325. The summed E-state index contributed by atoms with van der Waals surface area (Å²) in [5, 5.41) is 44.0. The second kappa shape index (κ2) is 6.84. The fourth-order valence-electron chi connectivity index (χ4n) is 7.62. The van der Waals surface area contributed by atoms with E-state index in [9.17, 15) is 34.8 Å². The molecule has 2 saturated carbocycles. The number of fused-ring (bicyclic) bond motifs is 2. The summed E-state index contributed by atoms with van der Waals surface area (Å²) in [6.45, 7) is 7.84. The molecule has 3 aliphatic carbocycles. The van der Waals surface area contributed by atoms with Crippen molar-refractivity contribution in [2.75, 3.05) is 0 Å². The van der Waals surface area contributed by atoms with Gasteiger partial charge in [0, 0.05) is 35.5 Å². The molecule has 4 rings (SSSR count). The predicted molar refractivity (Wildman–Crippen MR) is 104 cm³/mol. The van der Waals surface area contributed by atoms with Gasteiger partial charge in [-0.2, -0.15) is 0 Å². The van der Waals surface area contributed by atoms with E-state index in [1.54, 1.807) is 27.7 Å². The molecule has 0 aromatic rings. The molecule has 4 aliphatic rings. The van der Waals surface area contributed by atoms with E-state index in [2.05, 4.69) is 0 Å². The average Bonchev–Trinajstić information content (AvgIpc) is 2.66. The van der Waals surface area contributed by atoms with Crippen molar-refractivity contribution in [2.24, 2.45) is 34.5 Å². The zero-order valence-corrected chi connectivity index (χ0v) is 18.2. The highest BCUT2D eigenvalue weighted by molar-refractivity contribution is 5.96. The van der Waals surface area contributed by atoms with Gasteiger partial charge in [-0.3, -0.25) is 9.59 Å². The summed E-state index contributed by atoms with van der Waals surface area (Å²) in [5.74, 6) is -5.33. The van der Waals surface area contributed by atoms with Crippen LogP contribution in [0.25, 0.3) is 0 Å². The molecule has 1 saturated heterocycles. The number of esters is 2. The first kappa shape index (κ1) is 22.4. The molecule has 4 N–H and O–H groups in total. The Labute approximate surface area is 180 Å². The number of ketones is 1. The van der Waals surface area contributed by atoms with E-state index in [0.717, 1.165) is 0 Å². The van der Waals surface area contributed by atoms with Gasteiger partial charge in [-0.25, -0.2) is 4.79 Å². The van der Waals surface area contributed by atoms with E-state index in [1.165, 1.54) is 13.0 Å². The standard InChI is InChI=1S/C22H30O9/c1-7-6-10(24)18(28)21(4)11(7)16(30-9(3)23)19-22(5)12(14(26)20(29)31-19)8(2)13(25)15(27)17(21)22/h6,8,11-19,25-28H,1-5H3/t8-,11-,12-,13-,14-,15+,16-,17+,18-,19-,21+,22+/m1/s1. The van der Waals surface area contributed by atoms with E-state index >= 15 is 0 Å². The molecule has 1 aliphatic heterocycles. The Morgan fingerprint density at radius 3 is 2.29 bits per heavy atom. The second-order valence-corrected chi connectivity index (χ2v) is 10.1. The normalized spacial score (nSPS) is 53.6. The first-order valence-corrected chi connectivity index (χ1v) is 10.6. The third kappa shape index (κ3) is 2.60. The topological polar surface area (TPSA) is 151 Å². The van der Waals surface area contributed by atoms with Crippen molar-refractivity contribution in [2.45, 2.75) is 71.2 Å². The third-order valence-electron chi connectivity index (χ3n) is 8.61. The summed E-state index contributed by atoms with van der Waals surface area (Å²) in [7, 11) is 0. The number of aliphatic hydroxyl groups is 4. The van der Waals surface area contributed by atoms with Crippen LogP contribution in [0.4, 0.5) is 0 Å². The van der Waals surface area contributed by atoms with Crippen LogP contribution >= 0.6 is 0 Å². The maximum absolute atomic E-state index is 12.7. The highest BCUT2D eigenvalue weighted by Crippen LogP contribution is 2.68. The number of carbonyl (C=O) groups excluding carboxylic acids is 3. The third-order valence-corrected chi connectivity index (χ3v) is 8.61. The summed E-state index contributed by atoms with van der Waals surface area (Å²) < 4.78 is 11.3. The molecule has 172 valence electrons. The summed E-state index contributed by atoms with van der Waals surface area (Å²) in [6.07, 6.45) is -6.62. The Bertz CT molecular complexity index is 867. The molecular weight excluding hydrogens is 408 g/mol. The van der Waals surface area contributed by atoms with Crippen molar-refractivity contribution >= 4 is 17.7 Å². The van der Waals surface area contributed by atoms with Crippen LogP contribution in [0.2, 0.25) is 0 Å². The fourth-order valence-corrected chi connectivity index (χ4v) is 7.62. The molecule has 12 atom stereocenters. The minimum Gasteiger partial charge on any atom is -0.458 e. The van der Waals surface area contributed by atoms with E-state index in [1.807, 2.05) is 0 Å². The van der Waals surface area contributed by atoms with Gasteiger partial charge in [-0.15, -0.1) is 0 Å². The summed E-state index contributed by atoms with van der Waals surface area (Å²) in [5.41, 5.74) is -2.04. The van der Waals surface area contributed by atoms with Crippen LogP contribution < -0.4 is 0 Å². The Kier molecular flexibility index (Phi) is 4.94. The van der Waals surface area contributed by atoms with Crippen LogP contribution in [-0.2, 0) is 23.9 Å². The number of hydrogen-bond donors (Lipinski definition) is 4. The van der Waals surface area contributed by atoms with E-state index in [0.29, 0.717) is 5.57 Å². The predicted octanol–water partition coefficient (Wildman–Crippen LogP) is -0.659. The van der Waals surface area contributed by atoms with Crippen molar-refractivity contribution in [3.05, 3.63) is 11.6 Å². The van der Waals surface area contributed by atoms with Crippen LogP contribution in [0.5, 0.6) is 0 Å². The van der Waals surface area contributed by atoms with Gasteiger partial charge in [0.25, 0.3) is 0 Å². The number of ether oxygens (including phenoxy) is 2. The molecule has 1 heterocycles. The van der Waals surface area contributed by atoms with Gasteiger partial charge in [0.2, 0.25) is 0 Å². The van der Waals surface area contributed by atoms with Crippen LogP contribution in [-0.4, -0.2) is 74.8 Å².